The first-order valence-corrected chi connectivity index (χ1v) is 8.34. The molecular formula is C19H24ClNO3. The Bertz CT molecular complexity index is 634. The zero-order valence-electron chi connectivity index (χ0n) is 14.2. The van der Waals surface area contributed by atoms with E-state index >= 15 is 0 Å². The molecule has 130 valence electrons. The third kappa shape index (κ3) is 6.04. The van der Waals surface area contributed by atoms with E-state index in [0.29, 0.717) is 11.6 Å². The number of methoxy groups -OCH3 is 2. The Hall–Kier alpha value is -1.75. The predicted octanol–water partition coefficient (Wildman–Crippen LogP) is 4.05. The molecule has 0 fully saturated rings. The van der Waals surface area contributed by atoms with Crippen molar-refractivity contribution in [3.63, 3.8) is 0 Å². The van der Waals surface area contributed by atoms with Gasteiger partial charge in [0.05, 0.1) is 7.11 Å². The van der Waals surface area contributed by atoms with Crippen molar-refractivity contribution in [2.75, 3.05) is 27.4 Å². The minimum atomic E-state index is 0.450. The van der Waals surface area contributed by atoms with E-state index < -0.39 is 0 Å². The van der Waals surface area contributed by atoms with Crippen molar-refractivity contribution in [1.82, 2.24) is 5.32 Å². The van der Waals surface area contributed by atoms with Crippen LogP contribution in [0.15, 0.2) is 42.5 Å². The number of rotatable bonds is 10. The highest BCUT2D eigenvalue weighted by Gasteiger charge is 2.06. The second-order valence-corrected chi connectivity index (χ2v) is 5.86. The lowest BCUT2D eigenvalue weighted by atomic mass is 10.2. The Morgan fingerprint density at radius 2 is 1.88 bits per heavy atom. The fourth-order valence-electron chi connectivity index (χ4n) is 2.30. The summed E-state index contributed by atoms with van der Waals surface area (Å²) in [4.78, 5) is 0. The molecule has 0 unspecified atom stereocenters. The highest BCUT2D eigenvalue weighted by molar-refractivity contribution is 6.30. The normalized spacial score (nSPS) is 10.6. The Balaban J connectivity index is 1.91. The van der Waals surface area contributed by atoms with Gasteiger partial charge in [-0.05, 0) is 48.4 Å². The molecule has 24 heavy (non-hydrogen) atoms. The van der Waals surface area contributed by atoms with E-state index in [2.05, 4.69) is 5.32 Å². The third-order valence-corrected chi connectivity index (χ3v) is 3.78. The van der Waals surface area contributed by atoms with Crippen molar-refractivity contribution in [1.29, 1.82) is 0 Å². The third-order valence-electron chi connectivity index (χ3n) is 3.54. The number of nitrogens with one attached hydrogen (secondary N) is 1. The summed E-state index contributed by atoms with van der Waals surface area (Å²) in [6.45, 7) is 2.93. The minimum Gasteiger partial charge on any atom is -0.493 e. The van der Waals surface area contributed by atoms with E-state index in [4.69, 9.17) is 25.8 Å². The Morgan fingerprint density at radius 1 is 1.00 bits per heavy atom. The lowest BCUT2D eigenvalue weighted by Gasteiger charge is -2.13. The number of benzene rings is 2. The second-order valence-electron chi connectivity index (χ2n) is 5.43. The van der Waals surface area contributed by atoms with Gasteiger partial charge in [-0.15, -0.1) is 0 Å². The van der Waals surface area contributed by atoms with Crippen LogP contribution in [0.2, 0.25) is 5.02 Å². The molecule has 2 rings (SSSR count). The summed E-state index contributed by atoms with van der Waals surface area (Å²) in [6, 6.07) is 13.6. The Kier molecular flexibility index (Phi) is 7.89. The van der Waals surface area contributed by atoms with Crippen molar-refractivity contribution >= 4 is 11.6 Å². The monoisotopic (exact) mass is 349 g/mol. The molecule has 1 N–H and O–H groups in total. The predicted molar refractivity (Wildman–Crippen MR) is 97.0 cm³/mol. The van der Waals surface area contributed by atoms with Gasteiger partial charge in [0.25, 0.3) is 0 Å². The smallest absolute Gasteiger partial charge is 0.161 e. The molecule has 2 aromatic rings. The molecule has 0 aliphatic carbocycles. The first kappa shape index (κ1) is 18.6. The molecule has 0 radical (unpaired) electrons. The molecular weight excluding hydrogens is 326 g/mol. The van der Waals surface area contributed by atoms with Crippen molar-refractivity contribution in [2.45, 2.75) is 19.6 Å². The maximum Gasteiger partial charge on any atom is 0.161 e. The van der Waals surface area contributed by atoms with Gasteiger partial charge in [-0.25, -0.2) is 0 Å². The molecule has 0 aromatic heterocycles. The van der Waals surface area contributed by atoms with Crippen LogP contribution >= 0.6 is 11.6 Å². The van der Waals surface area contributed by atoms with Crippen LogP contribution < -0.4 is 14.8 Å². The van der Waals surface area contributed by atoms with Gasteiger partial charge in [0, 0.05) is 25.3 Å². The quantitative estimate of drug-likeness (QED) is 0.657. The lowest BCUT2D eigenvalue weighted by molar-refractivity contribution is 0.194. The Labute approximate surface area is 148 Å². The summed E-state index contributed by atoms with van der Waals surface area (Å²) in [5.74, 6) is 1.45. The average Bonchev–Trinajstić information content (AvgIpc) is 2.60. The minimum absolute atomic E-state index is 0.450. The van der Waals surface area contributed by atoms with Gasteiger partial charge >= 0.3 is 0 Å². The maximum absolute atomic E-state index is 5.99. The van der Waals surface area contributed by atoms with Gasteiger partial charge in [-0.2, -0.15) is 0 Å². The number of hydrogen-bond donors (Lipinski definition) is 1. The van der Waals surface area contributed by atoms with Crippen LogP contribution in [0.3, 0.4) is 0 Å². The maximum atomic E-state index is 5.99. The highest BCUT2D eigenvalue weighted by Crippen LogP contribution is 2.29. The fourth-order valence-corrected chi connectivity index (χ4v) is 2.52. The second kappa shape index (κ2) is 10.2. The SMILES string of the molecule is COCCCNCc1ccc(OCc2cccc(Cl)c2)c(OC)c1. The van der Waals surface area contributed by atoms with Gasteiger partial charge in [-0.3, -0.25) is 0 Å². The largest absolute Gasteiger partial charge is 0.493 e. The van der Waals surface area contributed by atoms with Crippen molar-refractivity contribution in [2.24, 2.45) is 0 Å². The van der Waals surface area contributed by atoms with E-state index in [1.54, 1.807) is 14.2 Å². The van der Waals surface area contributed by atoms with Crippen LogP contribution in [0.1, 0.15) is 17.5 Å². The zero-order valence-corrected chi connectivity index (χ0v) is 14.9. The number of hydrogen-bond acceptors (Lipinski definition) is 4. The fraction of sp³-hybridized carbons (Fsp3) is 0.368. The highest BCUT2D eigenvalue weighted by atomic mass is 35.5. The van der Waals surface area contributed by atoms with Crippen LogP contribution in [0.25, 0.3) is 0 Å². The van der Waals surface area contributed by atoms with Gasteiger partial charge in [-0.1, -0.05) is 29.8 Å². The van der Waals surface area contributed by atoms with E-state index in [1.165, 1.54) is 0 Å². The van der Waals surface area contributed by atoms with Crippen LogP contribution in [-0.4, -0.2) is 27.4 Å². The van der Waals surface area contributed by atoms with E-state index in [-0.39, 0.29) is 0 Å². The standard InChI is InChI=1S/C19H24ClNO3/c1-22-10-4-9-21-13-15-7-8-18(19(12-15)23-2)24-14-16-5-3-6-17(20)11-16/h3,5-8,11-12,21H,4,9-10,13-14H2,1-2H3. The average molecular weight is 350 g/mol. The summed E-state index contributed by atoms with van der Waals surface area (Å²) >= 11 is 5.99. The molecule has 0 atom stereocenters. The number of halogens is 1. The summed E-state index contributed by atoms with van der Waals surface area (Å²) < 4.78 is 16.3. The summed E-state index contributed by atoms with van der Waals surface area (Å²) in [6.07, 6.45) is 0.995. The van der Waals surface area contributed by atoms with Gasteiger partial charge in [0.15, 0.2) is 11.5 Å². The summed E-state index contributed by atoms with van der Waals surface area (Å²) in [5.41, 5.74) is 2.17. The van der Waals surface area contributed by atoms with Crippen molar-refractivity contribution in [3.8, 4) is 11.5 Å². The van der Waals surface area contributed by atoms with Gasteiger partial charge < -0.3 is 19.5 Å². The van der Waals surface area contributed by atoms with Gasteiger partial charge in [0.2, 0.25) is 0 Å². The van der Waals surface area contributed by atoms with E-state index in [9.17, 15) is 0 Å². The molecule has 0 amide bonds. The zero-order chi connectivity index (χ0) is 17.2. The molecule has 5 heteroatoms. The lowest BCUT2D eigenvalue weighted by Crippen LogP contribution is -2.16. The van der Waals surface area contributed by atoms with Crippen molar-refractivity contribution in [3.05, 3.63) is 58.6 Å². The van der Waals surface area contributed by atoms with Crippen LogP contribution in [-0.2, 0) is 17.9 Å². The topological polar surface area (TPSA) is 39.7 Å². The summed E-state index contributed by atoms with van der Waals surface area (Å²) in [7, 11) is 3.37. The van der Waals surface area contributed by atoms with Gasteiger partial charge in [0.1, 0.15) is 6.61 Å². The molecule has 2 aromatic carbocycles. The molecule has 0 saturated carbocycles. The Morgan fingerprint density at radius 3 is 2.62 bits per heavy atom. The molecule has 4 nitrogen and oxygen atoms in total. The molecule has 0 aliphatic rings. The van der Waals surface area contributed by atoms with E-state index in [0.717, 1.165) is 48.7 Å². The van der Waals surface area contributed by atoms with E-state index in [1.807, 2.05) is 42.5 Å². The first-order chi connectivity index (χ1) is 11.7. The molecule has 0 saturated heterocycles. The molecule has 0 spiro atoms. The van der Waals surface area contributed by atoms with Crippen LogP contribution in [0, 0.1) is 0 Å². The summed E-state index contributed by atoms with van der Waals surface area (Å²) in [5, 5.41) is 4.09. The molecule has 0 bridgehead atoms. The molecule has 0 aliphatic heterocycles. The number of ether oxygens (including phenoxy) is 3. The first-order valence-electron chi connectivity index (χ1n) is 7.96. The molecule has 0 heterocycles. The van der Waals surface area contributed by atoms with Crippen LogP contribution in [0.5, 0.6) is 11.5 Å². The van der Waals surface area contributed by atoms with Crippen molar-refractivity contribution < 1.29 is 14.2 Å². The van der Waals surface area contributed by atoms with Crippen LogP contribution in [0.4, 0.5) is 0 Å².